The van der Waals surface area contributed by atoms with Crippen LogP contribution in [-0.2, 0) is 0 Å². The zero-order chi connectivity index (χ0) is 25.8. The van der Waals surface area contributed by atoms with Crippen molar-refractivity contribution in [3.63, 3.8) is 0 Å². The Hall–Kier alpha value is -5.21. The highest BCUT2D eigenvalue weighted by molar-refractivity contribution is 6.22. The minimum atomic E-state index is 0.893. The van der Waals surface area contributed by atoms with Crippen LogP contribution in [0.15, 0.2) is 140 Å². The average Bonchev–Trinajstić information content (AvgIpc) is 3.44. The quantitative estimate of drug-likeness (QED) is 0.242. The number of aromatic amines is 1. The van der Waals surface area contributed by atoms with Gasteiger partial charge in [0.1, 0.15) is 5.82 Å². The Bertz CT molecular complexity index is 2110. The molecule has 1 heterocycles. The summed E-state index contributed by atoms with van der Waals surface area (Å²) in [6, 6.07) is 49.9. The summed E-state index contributed by atoms with van der Waals surface area (Å²) in [5.41, 5.74) is 8.04. The van der Waals surface area contributed by atoms with Crippen molar-refractivity contribution in [2.75, 3.05) is 0 Å². The van der Waals surface area contributed by atoms with Crippen molar-refractivity contribution in [2.24, 2.45) is 0 Å². The van der Waals surface area contributed by atoms with Crippen molar-refractivity contribution in [1.29, 1.82) is 0 Å². The lowest BCUT2D eigenvalue weighted by Gasteiger charge is -2.18. The molecule has 7 aromatic carbocycles. The molecule has 0 fully saturated rings. The topological polar surface area (TPSA) is 28.7 Å². The summed E-state index contributed by atoms with van der Waals surface area (Å²) in [6.07, 6.45) is 0. The Morgan fingerprint density at radius 3 is 1.62 bits per heavy atom. The highest BCUT2D eigenvalue weighted by Gasteiger charge is 2.17. The van der Waals surface area contributed by atoms with Crippen molar-refractivity contribution in [3.05, 3.63) is 140 Å². The molecule has 8 aromatic rings. The number of nitrogens with one attached hydrogen (secondary N) is 1. The van der Waals surface area contributed by atoms with E-state index in [1.807, 2.05) is 18.2 Å². The number of benzene rings is 7. The zero-order valence-corrected chi connectivity index (χ0v) is 21.2. The molecule has 8 rings (SSSR count). The summed E-state index contributed by atoms with van der Waals surface area (Å²) in [6.45, 7) is 0. The van der Waals surface area contributed by atoms with E-state index in [1.54, 1.807) is 0 Å². The van der Waals surface area contributed by atoms with Gasteiger partial charge in [0.05, 0.1) is 11.0 Å². The van der Waals surface area contributed by atoms with Crippen molar-refractivity contribution >= 4 is 43.4 Å². The number of H-pyrrole nitrogens is 1. The van der Waals surface area contributed by atoms with Gasteiger partial charge in [0.25, 0.3) is 0 Å². The third-order valence-electron chi connectivity index (χ3n) is 7.79. The van der Waals surface area contributed by atoms with E-state index in [0.29, 0.717) is 0 Å². The molecule has 1 N–H and O–H groups in total. The molecule has 0 aliphatic carbocycles. The van der Waals surface area contributed by atoms with Crippen LogP contribution in [0.3, 0.4) is 0 Å². The smallest absolute Gasteiger partial charge is 0.138 e. The first-order chi connectivity index (χ1) is 19.3. The van der Waals surface area contributed by atoms with E-state index < -0.39 is 0 Å². The summed E-state index contributed by atoms with van der Waals surface area (Å²) in [5, 5.41) is 7.52. The summed E-state index contributed by atoms with van der Waals surface area (Å²) in [4.78, 5) is 8.47. The SMILES string of the molecule is c1ccc(-c2nc3cc(-c4c5ccccc5c(-c5ccc6ccccc6c5)c5ccccc45)ccc3[nH]2)cc1. The van der Waals surface area contributed by atoms with Crippen LogP contribution in [0, 0.1) is 0 Å². The van der Waals surface area contributed by atoms with Gasteiger partial charge in [-0.3, -0.25) is 0 Å². The highest BCUT2D eigenvalue weighted by Crippen LogP contribution is 2.44. The van der Waals surface area contributed by atoms with Crippen molar-refractivity contribution in [3.8, 4) is 33.6 Å². The first kappa shape index (κ1) is 21.8. The van der Waals surface area contributed by atoms with Crippen LogP contribution >= 0.6 is 0 Å². The average molecular weight is 497 g/mol. The van der Waals surface area contributed by atoms with Gasteiger partial charge in [0.2, 0.25) is 0 Å². The minimum Gasteiger partial charge on any atom is -0.338 e. The number of aromatic nitrogens is 2. The largest absolute Gasteiger partial charge is 0.338 e. The molecule has 0 spiro atoms. The molecule has 2 heteroatoms. The van der Waals surface area contributed by atoms with Crippen LogP contribution in [0.2, 0.25) is 0 Å². The van der Waals surface area contributed by atoms with Gasteiger partial charge in [0, 0.05) is 5.56 Å². The molecule has 0 aliphatic heterocycles. The Labute approximate surface area is 226 Å². The third kappa shape index (κ3) is 3.53. The van der Waals surface area contributed by atoms with Crippen LogP contribution in [0.5, 0.6) is 0 Å². The number of imidazole rings is 1. The Balaban J connectivity index is 1.40. The number of rotatable bonds is 3. The number of hydrogen-bond donors (Lipinski definition) is 1. The molecule has 0 radical (unpaired) electrons. The fraction of sp³-hybridized carbons (Fsp3) is 0. The van der Waals surface area contributed by atoms with E-state index in [0.717, 1.165) is 22.4 Å². The highest BCUT2D eigenvalue weighted by atomic mass is 14.9. The van der Waals surface area contributed by atoms with Gasteiger partial charge in [0.15, 0.2) is 0 Å². The van der Waals surface area contributed by atoms with Crippen LogP contribution in [-0.4, -0.2) is 9.97 Å². The van der Waals surface area contributed by atoms with Gasteiger partial charge in [-0.15, -0.1) is 0 Å². The fourth-order valence-electron chi connectivity index (χ4n) is 5.99. The molecule has 39 heavy (non-hydrogen) atoms. The van der Waals surface area contributed by atoms with Gasteiger partial charge in [-0.1, -0.05) is 121 Å². The molecule has 0 atom stereocenters. The maximum absolute atomic E-state index is 4.97. The van der Waals surface area contributed by atoms with Gasteiger partial charge in [-0.05, 0) is 72.8 Å². The fourth-order valence-corrected chi connectivity index (χ4v) is 5.99. The summed E-state index contributed by atoms with van der Waals surface area (Å²) < 4.78 is 0. The van der Waals surface area contributed by atoms with Gasteiger partial charge in [-0.2, -0.15) is 0 Å². The normalized spacial score (nSPS) is 11.6. The lowest BCUT2D eigenvalue weighted by atomic mass is 9.85. The maximum Gasteiger partial charge on any atom is 0.138 e. The molecule has 182 valence electrons. The van der Waals surface area contributed by atoms with Gasteiger partial charge in [-0.25, -0.2) is 4.98 Å². The molecule has 1 aromatic heterocycles. The second-order valence-corrected chi connectivity index (χ2v) is 10.1. The van der Waals surface area contributed by atoms with Crippen LogP contribution in [0.4, 0.5) is 0 Å². The number of nitrogens with zero attached hydrogens (tertiary/aromatic N) is 1. The van der Waals surface area contributed by atoms with E-state index in [9.17, 15) is 0 Å². The van der Waals surface area contributed by atoms with Crippen LogP contribution < -0.4 is 0 Å². The molecule has 0 saturated carbocycles. The zero-order valence-electron chi connectivity index (χ0n) is 21.2. The molecule has 0 aliphatic rings. The summed E-state index contributed by atoms with van der Waals surface area (Å²) in [5.74, 6) is 0.893. The van der Waals surface area contributed by atoms with E-state index in [4.69, 9.17) is 4.98 Å². The van der Waals surface area contributed by atoms with E-state index in [-0.39, 0.29) is 0 Å². The predicted molar refractivity (Wildman–Crippen MR) is 165 cm³/mol. The predicted octanol–water partition coefficient (Wildman–Crippen LogP) is 10.0. The van der Waals surface area contributed by atoms with E-state index in [2.05, 4.69) is 126 Å². The Kier molecular flexibility index (Phi) is 4.86. The Morgan fingerprint density at radius 2 is 0.949 bits per heavy atom. The maximum atomic E-state index is 4.97. The first-order valence-corrected chi connectivity index (χ1v) is 13.3. The van der Waals surface area contributed by atoms with Crippen LogP contribution in [0.25, 0.3) is 77.0 Å². The van der Waals surface area contributed by atoms with Gasteiger partial charge < -0.3 is 4.98 Å². The molecule has 0 bridgehead atoms. The lowest BCUT2D eigenvalue weighted by molar-refractivity contribution is 1.34. The Morgan fingerprint density at radius 1 is 0.410 bits per heavy atom. The van der Waals surface area contributed by atoms with Crippen molar-refractivity contribution in [2.45, 2.75) is 0 Å². The third-order valence-corrected chi connectivity index (χ3v) is 7.79. The molecule has 2 nitrogen and oxygen atoms in total. The molecule has 0 saturated heterocycles. The van der Waals surface area contributed by atoms with Crippen molar-refractivity contribution in [1.82, 2.24) is 9.97 Å². The monoisotopic (exact) mass is 496 g/mol. The molecular formula is C37H24N2. The second kappa shape index (κ2) is 8.68. The number of fused-ring (bicyclic) bond motifs is 4. The number of hydrogen-bond acceptors (Lipinski definition) is 1. The van der Waals surface area contributed by atoms with Crippen LogP contribution in [0.1, 0.15) is 0 Å². The molecular weight excluding hydrogens is 472 g/mol. The first-order valence-electron chi connectivity index (χ1n) is 13.3. The molecule has 0 amide bonds. The van der Waals surface area contributed by atoms with Gasteiger partial charge >= 0.3 is 0 Å². The minimum absolute atomic E-state index is 0.893. The second-order valence-electron chi connectivity index (χ2n) is 10.1. The standard InChI is InChI=1S/C37H24N2/c1-2-11-25(12-3-1)37-38-33-21-20-28(23-34(33)39-37)36-31-16-8-6-14-29(31)35(30-15-7-9-17-32(30)36)27-19-18-24-10-4-5-13-26(24)22-27/h1-23H,(H,38,39). The van der Waals surface area contributed by atoms with E-state index in [1.165, 1.54) is 54.6 Å². The summed E-state index contributed by atoms with van der Waals surface area (Å²) in [7, 11) is 0. The summed E-state index contributed by atoms with van der Waals surface area (Å²) >= 11 is 0. The lowest BCUT2D eigenvalue weighted by Crippen LogP contribution is -1.91. The molecule has 0 unspecified atom stereocenters. The van der Waals surface area contributed by atoms with E-state index >= 15 is 0 Å². The van der Waals surface area contributed by atoms with Crippen molar-refractivity contribution < 1.29 is 0 Å².